The van der Waals surface area contributed by atoms with Gasteiger partial charge in [0.1, 0.15) is 6.10 Å². The number of nitrogens with one attached hydrogen (secondary N) is 1. The zero-order chi connectivity index (χ0) is 17.1. The lowest BCUT2D eigenvalue weighted by Crippen LogP contribution is -2.33. The molecule has 0 aromatic carbocycles. The third-order valence-electron chi connectivity index (χ3n) is 4.88. The minimum absolute atomic E-state index is 0.0374. The number of amides is 1. The van der Waals surface area contributed by atoms with Gasteiger partial charge in [0.05, 0.1) is 18.9 Å². The topological polar surface area (TPSA) is 95.1 Å². The van der Waals surface area contributed by atoms with E-state index in [1.807, 2.05) is 10.8 Å². The summed E-state index contributed by atoms with van der Waals surface area (Å²) in [6, 6.07) is 0.306. The molecule has 0 unspecified atom stereocenters. The van der Waals surface area contributed by atoms with Crippen LogP contribution in [0.15, 0.2) is 23.2 Å². The Balaban J connectivity index is 1.28. The Morgan fingerprint density at radius 1 is 1.28 bits per heavy atom. The van der Waals surface area contributed by atoms with E-state index < -0.39 is 0 Å². The third kappa shape index (κ3) is 4.07. The molecule has 1 N–H and O–H groups in total. The Morgan fingerprint density at radius 2 is 2.16 bits per heavy atom. The highest BCUT2D eigenvalue weighted by Crippen LogP contribution is 2.32. The second kappa shape index (κ2) is 7.35. The van der Waals surface area contributed by atoms with Gasteiger partial charge in [0, 0.05) is 25.0 Å². The number of hydrogen-bond acceptors (Lipinski definition) is 6. The van der Waals surface area contributed by atoms with Gasteiger partial charge in [-0.1, -0.05) is 18.0 Å². The van der Waals surface area contributed by atoms with Crippen LogP contribution in [0.2, 0.25) is 0 Å². The van der Waals surface area contributed by atoms with Crippen LogP contribution in [-0.4, -0.2) is 37.7 Å². The van der Waals surface area contributed by atoms with Crippen molar-refractivity contribution in [1.82, 2.24) is 25.0 Å². The second-order valence-electron chi connectivity index (χ2n) is 6.86. The molecule has 0 radical (unpaired) electrons. The van der Waals surface area contributed by atoms with Gasteiger partial charge in [-0.3, -0.25) is 4.79 Å². The summed E-state index contributed by atoms with van der Waals surface area (Å²) in [6.07, 6.45) is 11.8. The smallest absolute Gasteiger partial charge is 0.255 e. The number of ether oxygens (including phenoxy) is 1. The van der Waals surface area contributed by atoms with Crippen LogP contribution < -0.4 is 5.32 Å². The second-order valence-corrected chi connectivity index (χ2v) is 6.86. The highest BCUT2D eigenvalue weighted by Gasteiger charge is 2.31. The van der Waals surface area contributed by atoms with Gasteiger partial charge >= 0.3 is 0 Å². The molecule has 0 spiro atoms. The molecule has 1 aliphatic heterocycles. The number of rotatable bonds is 6. The van der Waals surface area contributed by atoms with Crippen molar-refractivity contribution in [2.24, 2.45) is 0 Å². The lowest BCUT2D eigenvalue weighted by Gasteiger charge is -2.11. The fourth-order valence-corrected chi connectivity index (χ4v) is 3.61. The normalized spacial score (nSPS) is 24.0. The van der Waals surface area contributed by atoms with Gasteiger partial charge in [0.2, 0.25) is 5.91 Å². The van der Waals surface area contributed by atoms with E-state index in [2.05, 4.69) is 20.4 Å². The highest BCUT2D eigenvalue weighted by atomic mass is 16.5. The van der Waals surface area contributed by atoms with Crippen LogP contribution in [0, 0.1) is 0 Å². The van der Waals surface area contributed by atoms with E-state index >= 15 is 0 Å². The third-order valence-corrected chi connectivity index (χ3v) is 4.88. The average molecular weight is 345 g/mol. The van der Waals surface area contributed by atoms with Gasteiger partial charge in [-0.25, -0.2) is 4.98 Å². The van der Waals surface area contributed by atoms with Crippen molar-refractivity contribution in [3.05, 3.63) is 30.4 Å². The quantitative estimate of drug-likeness (QED) is 0.857. The minimum Gasteiger partial charge on any atom is -0.363 e. The summed E-state index contributed by atoms with van der Waals surface area (Å²) in [5.41, 5.74) is 0. The van der Waals surface area contributed by atoms with Crippen molar-refractivity contribution in [3.8, 4) is 0 Å². The molecular weight excluding hydrogens is 322 g/mol. The van der Waals surface area contributed by atoms with E-state index in [1.54, 1.807) is 12.5 Å². The first-order chi connectivity index (χ1) is 12.3. The van der Waals surface area contributed by atoms with Crippen LogP contribution >= 0.6 is 0 Å². The van der Waals surface area contributed by atoms with Gasteiger partial charge in [-0.15, -0.1) is 0 Å². The molecule has 134 valence electrons. The number of imidazole rings is 1. The maximum Gasteiger partial charge on any atom is 0.255 e. The van der Waals surface area contributed by atoms with Gasteiger partial charge in [-0.05, 0) is 25.7 Å². The summed E-state index contributed by atoms with van der Waals surface area (Å²) in [4.78, 5) is 20.4. The number of aromatic nitrogens is 4. The molecule has 25 heavy (non-hydrogen) atoms. The molecule has 2 aliphatic rings. The molecule has 1 saturated carbocycles. The lowest BCUT2D eigenvalue weighted by molar-refractivity contribution is -0.121. The van der Waals surface area contributed by atoms with Crippen molar-refractivity contribution in [3.63, 3.8) is 0 Å². The molecule has 1 aliphatic carbocycles. The van der Waals surface area contributed by atoms with Crippen LogP contribution in [0.25, 0.3) is 0 Å². The summed E-state index contributed by atoms with van der Waals surface area (Å²) in [7, 11) is 0. The first-order valence-electron chi connectivity index (χ1n) is 8.99. The maximum atomic E-state index is 12.1. The maximum absolute atomic E-state index is 12.1. The first-order valence-corrected chi connectivity index (χ1v) is 8.99. The SMILES string of the molecule is O=C(Cc1noc([C@@H]2CC[C@H](Cn3ccnc3)O2)n1)NC1CCCC1. The molecule has 2 aromatic heterocycles. The van der Waals surface area contributed by atoms with Gasteiger partial charge in [-0.2, -0.15) is 4.98 Å². The summed E-state index contributed by atoms with van der Waals surface area (Å²) in [5, 5.41) is 6.97. The molecule has 2 atom stereocenters. The Kier molecular flexibility index (Phi) is 4.78. The van der Waals surface area contributed by atoms with Gasteiger partial charge in [0.15, 0.2) is 5.82 Å². The predicted octanol–water partition coefficient (Wildman–Crippen LogP) is 1.79. The molecule has 1 saturated heterocycles. The van der Waals surface area contributed by atoms with Crippen molar-refractivity contribution in [2.45, 2.75) is 69.7 Å². The van der Waals surface area contributed by atoms with Crippen LogP contribution in [0.4, 0.5) is 0 Å². The van der Waals surface area contributed by atoms with E-state index in [-0.39, 0.29) is 24.5 Å². The van der Waals surface area contributed by atoms with Gasteiger partial charge in [0.25, 0.3) is 5.89 Å². The van der Waals surface area contributed by atoms with E-state index in [0.29, 0.717) is 17.8 Å². The summed E-state index contributed by atoms with van der Waals surface area (Å²) >= 11 is 0. The van der Waals surface area contributed by atoms with Crippen LogP contribution in [0.1, 0.15) is 56.3 Å². The van der Waals surface area contributed by atoms with E-state index in [0.717, 1.165) is 32.2 Å². The fraction of sp³-hybridized carbons (Fsp3) is 0.647. The first kappa shape index (κ1) is 16.3. The van der Waals surface area contributed by atoms with Crippen LogP contribution in [-0.2, 0) is 22.5 Å². The van der Waals surface area contributed by atoms with Crippen molar-refractivity contribution >= 4 is 5.91 Å². The number of carbonyl (C=O) groups excluding carboxylic acids is 1. The molecular formula is C17H23N5O3. The predicted molar refractivity (Wildman–Crippen MR) is 87.5 cm³/mol. The Labute approximate surface area is 146 Å². The average Bonchev–Trinajstić information content (AvgIpc) is 3.35. The minimum atomic E-state index is -0.187. The molecule has 0 bridgehead atoms. The molecule has 8 nitrogen and oxygen atoms in total. The Morgan fingerprint density at radius 3 is 2.96 bits per heavy atom. The lowest BCUT2D eigenvalue weighted by atomic mass is 10.2. The van der Waals surface area contributed by atoms with E-state index in [4.69, 9.17) is 9.26 Å². The van der Waals surface area contributed by atoms with Crippen LogP contribution in [0.3, 0.4) is 0 Å². The molecule has 2 aromatic rings. The molecule has 1 amide bonds. The van der Waals surface area contributed by atoms with Crippen LogP contribution in [0.5, 0.6) is 0 Å². The van der Waals surface area contributed by atoms with Crippen molar-refractivity contribution in [1.29, 1.82) is 0 Å². The van der Waals surface area contributed by atoms with E-state index in [9.17, 15) is 4.79 Å². The highest BCUT2D eigenvalue weighted by molar-refractivity contribution is 5.78. The monoisotopic (exact) mass is 345 g/mol. The molecule has 4 rings (SSSR count). The van der Waals surface area contributed by atoms with Gasteiger partial charge < -0.3 is 19.1 Å². The van der Waals surface area contributed by atoms with Crippen molar-refractivity contribution < 1.29 is 14.1 Å². The van der Waals surface area contributed by atoms with Crippen molar-refractivity contribution in [2.75, 3.05) is 0 Å². The summed E-state index contributed by atoms with van der Waals surface area (Å²) in [5.74, 6) is 0.855. The zero-order valence-corrected chi connectivity index (χ0v) is 14.1. The summed E-state index contributed by atoms with van der Waals surface area (Å²) < 4.78 is 13.3. The number of carbonyl (C=O) groups is 1. The molecule has 2 fully saturated rings. The fourth-order valence-electron chi connectivity index (χ4n) is 3.61. The Bertz CT molecular complexity index is 693. The molecule has 3 heterocycles. The molecule has 8 heteroatoms. The standard InChI is InChI=1S/C17H23N5O3/c23-16(19-12-3-1-2-4-12)9-15-20-17(25-21-15)14-6-5-13(24-14)10-22-8-7-18-11-22/h7-8,11-14H,1-6,9-10H2,(H,19,23)/t13-,14+/m1/s1. The number of hydrogen-bond donors (Lipinski definition) is 1. The number of nitrogens with zero attached hydrogens (tertiary/aromatic N) is 4. The zero-order valence-electron chi connectivity index (χ0n) is 14.1. The van der Waals surface area contributed by atoms with E-state index in [1.165, 1.54) is 12.8 Å². The Hall–Kier alpha value is -2.22. The summed E-state index contributed by atoms with van der Waals surface area (Å²) in [6.45, 7) is 0.765. The largest absolute Gasteiger partial charge is 0.363 e.